The van der Waals surface area contributed by atoms with Gasteiger partial charge in [0.1, 0.15) is 23.1 Å². The summed E-state index contributed by atoms with van der Waals surface area (Å²) in [6, 6.07) is 5.93. The second-order valence-corrected chi connectivity index (χ2v) is 3.72. The number of aliphatic imine (C=N–C) groups is 2. The van der Waals surface area contributed by atoms with E-state index in [0.29, 0.717) is 0 Å². The van der Waals surface area contributed by atoms with Crippen molar-refractivity contribution in [2.45, 2.75) is 0 Å². The summed E-state index contributed by atoms with van der Waals surface area (Å²) in [6.07, 6.45) is 0. The molecule has 0 bridgehead atoms. The SMILES string of the molecule is c1cc(C2=NCCN2)nc(C2=NCCN2)c1. The zero-order valence-corrected chi connectivity index (χ0v) is 8.90. The second-order valence-electron chi connectivity index (χ2n) is 3.72. The lowest BCUT2D eigenvalue weighted by molar-refractivity contribution is 0.955. The summed E-state index contributed by atoms with van der Waals surface area (Å²) in [5, 5.41) is 6.44. The van der Waals surface area contributed by atoms with Gasteiger partial charge >= 0.3 is 0 Å². The molecule has 0 aliphatic carbocycles. The van der Waals surface area contributed by atoms with Crippen LogP contribution in [0.25, 0.3) is 0 Å². The van der Waals surface area contributed by atoms with E-state index in [4.69, 9.17) is 0 Å². The molecule has 2 aliphatic rings. The molecule has 2 aliphatic heterocycles. The van der Waals surface area contributed by atoms with Crippen LogP contribution >= 0.6 is 0 Å². The molecule has 1 aromatic heterocycles. The number of hydrogen-bond donors (Lipinski definition) is 2. The molecule has 0 unspecified atom stereocenters. The van der Waals surface area contributed by atoms with Crippen LogP contribution in [0.1, 0.15) is 11.4 Å². The number of nitrogens with one attached hydrogen (secondary N) is 2. The Morgan fingerprint density at radius 1 is 0.875 bits per heavy atom. The van der Waals surface area contributed by atoms with Gasteiger partial charge in [-0.3, -0.25) is 9.98 Å². The summed E-state index contributed by atoms with van der Waals surface area (Å²) in [6.45, 7) is 3.47. The van der Waals surface area contributed by atoms with Crippen molar-refractivity contribution in [1.29, 1.82) is 0 Å². The van der Waals surface area contributed by atoms with Gasteiger partial charge in [0.05, 0.1) is 13.1 Å². The zero-order valence-electron chi connectivity index (χ0n) is 8.90. The molecule has 0 atom stereocenters. The Labute approximate surface area is 93.7 Å². The van der Waals surface area contributed by atoms with Gasteiger partial charge in [-0.2, -0.15) is 0 Å². The van der Waals surface area contributed by atoms with E-state index in [-0.39, 0.29) is 0 Å². The minimum Gasteiger partial charge on any atom is -0.367 e. The topological polar surface area (TPSA) is 61.7 Å². The highest BCUT2D eigenvalue weighted by Crippen LogP contribution is 2.04. The lowest BCUT2D eigenvalue weighted by Crippen LogP contribution is -2.24. The highest BCUT2D eigenvalue weighted by molar-refractivity contribution is 6.01. The Kier molecular flexibility index (Phi) is 2.29. The first-order valence-corrected chi connectivity index (χ1v) is 5.48. The van der Waals surface area contributed by atoms with Crippen molar-refractivity contribution in [1.82, 2.24) is 15.6 Å². The molecule has 0 aromatic carbocycles. The van der Waals surface area contributed by atoms with Crippen LogP contribution in [-0.2, 0) is 0 Å². The minimum atomic E-state index is 0.834. The van der Waals surface area contributed by atoms with Crippen LogP contribution < -0.4 is 10.6 Å². The maximum atomic E-state index is 4.55. The summed E-state index contributed by atoms with van der Waals surface area (Å²) >= 11 is 0. The van der Waals surface area contributed by atoms with E-state index in [0.717, 1.165) is 49.2 Å². The van der Waals surface area contributed by atoms with Crippen molar-refractivity contribution >= 4 is 11.7 Å². The lowest BCUT2D eigenvalue weighted by Gasteiger charge is -2.05. The van der Waals surface area contributed by atoms with Crippen molar-refractivity contribution in [3.63, 3.8) is 0 Å². The molecule has 5 nitrogen and oxygen atoms in total. The minimum absolute atomic E-state index is 0.834. The normalized spacial score (nSPS) is 18.8. The molecule has 2 N–H and O–H groups in total. The number of pyridine rings is 1. The smallest absolute Gasteiger partial charge is 0.147 e. The van der Waals surface area contributed by atoms with Crippen molar-refractivity contribution in [2.24, 2.45) is 9.98 Å². The van der Waals surface area contributed by atoms with Gasteiger partial charge in [0, 0.05) is 13.1 Å². The highest BCUT2D eigenvalue weighted by Gasteiger charge is 2.13. The number of rotatable bonds is 2. The maximum absolute atomic E-state index is 4.55. The monoisotopic (exact) mass is 215 g/mol. The third-order valence-corrected chi connectivity index (χ3v) is 2.58. The Morgan fingerprint density at radius 3 is 1.88 bits per heavy atom. The van der Waals surface area contributed by atoms with Crippen molar-refractivity contribution in [3.8, 4) is 0 Å². The molecule has 0 saturated carbocycles. The van der Waals surface area contributed by atoms with E-state index in [1.165, 1.54) is 0 Å². The summed E-state index contributed by atoms with van der Waals surface area (Å²) in [7, 11) is 0. The molecular formula is C11H13N5. The first kappa shape index (κ1) is 9.33. The molecule has 82 valence electrons. The first-order chi connectivity index (χ1) is 7.93. The highest BCUT2D eigenvalue weighted by atomic mass is 15.1. The molecule has 0 amide bonds. The molecule has 3 rings (SSSR count). The lowest BCUT2D eigenvalue weighted by atomic mass is 10.2. The fraction of sp³-hybridized carbons (Fsp3) is 0.364. The van der Waals surface area contributed by atoms with E-state index in [1.54, 1.807) is 0 Å². The maximum Gasteiger partial charge on any atom is 0.147 e. The summed E-state index contributed by atoms with van der Waals surface area (Å²) in [4.78, 5) is 13.3. The van der Waals surface area contributed by atoms with Crippen LogP contribution in [0, 0.1) is 0 Å². The average Bonchev–Trinajstić information content (AvgIpc) is 3.03. The van der Waals surface area contributed by atoms with E-state index in [2.05, 4.69) is 25.6 Å². The molecule has 16 heavy (non-hydrogen) atoms. The van der Waals surface area contributed by atoms with Crippen LogP contribution in [0.15, 0.2) is 28.2 Å². The van der Waals surface area contributed by atoms with E-state index < -0.39 is 0 Å². The van der Waals surface area contributed by atoms with Gasteiger partial charge in [-0.15, -0.1) is 0 Å². The first-order valence-electron chi connectivity index (χ1n) is 5.48. The molecule has 0 fully saturated rings. The Hall–Kier alpha value is -1.91. The van der Waals surface area contributed by atoms with E-state index in [9.17, 15) is 0 Å². The van der Waals surface area contributed by atoms with Crippen LogP contribution in [-0.4, -0.2) is 42.8 Å². The molecular weight excluding hydrogens is 202 g/mol. The van der Waals surface area contributed by atoms with Gasteiger partial charge in [-0.1, -0.05) is 6.07 Å². The predicted molar refractivity (Wildman–Crippen MR) is 63.1 cm³/mol. The molecule has 3 heterocycles. The van der Waals surface area contributed by atoms with Crippen LogP contribution in [0.2, 0.25) is 0 Å². The summed E-state index contributed by atoms with van der Waals surface area (Å²) in [5.74, 6) is 1.78. The fourth-order valence-corrected chi connectivity index (χ4v) is 1.84. The Balaban J connectivity index is 1.93. The quantitative estimate of drug-likeness (QED) is 0.717. The third kappa shape index (κ3) is 1.64. The predicted octanol–water partition coefficient (Wildman–Crippen LogP) is -0.219. The summed E-state index contributed by atoms with van der Waals surface area (Å²) in [5.41, 5.74) is 1.79. The van der Waals surface area contributed by atoms with Gasteiger partial charge in [-0.25, -0.2) is 4.98 Å². The number of aromatic nitrogens is 1. The molecule has 0 radical (unpaired) electrons. The van der Waals surface area contributed by atoms with Crippen LogP contribution in [0.4, 0.5) is 0 Å². The van der Waals surface area contributed by atoms with Crippen molar-refractivity contribution in [3.05, 3.63) is 29.6 Å². The molecule has 0 saturated heterocycles. The number of nitrogens with zero attached hydrogens (tertiary/aromatic N) is 3. The zero-order chi connectivity index (χ0) is 10.8. The molecule has 0 spiro atoms. The van der Waals surface area contributed by atoms with Gasteiger partial charge in [0.2, 0.25) is 0 Å². The van der Waals surface area contributed by atoms with E-state index in [1.807, 2.05) is 18.2 Å². The van der Waals surface area contributed by atoms with Crippen LogP contribution in [0.3, 0.4) is 0 Å². The third-order valence-electron chi connectivity index (χ3n) is 2.58. The fourth-order valence-electron chi connectivity index (χ4n) is 1.84. The van der Waals surface area contributed by atoms with Crippen molar-refractivity contribution < 1.29 is 0 Å². The van der Waals surface area contributed by atoms with Crippen molar-refractivity contribution in [2.75, 3.05) is 26.2 Å². The Bertz CT molecular complexity index is 424. The standard InChI is InChI=1S/C11H13N5/c1-2-8(10-12-4-5-13-10)16-9(3-1)11-14-6-7-15-11/h1-3H,4-7H2,(H,12,13)(H,14,15). The van der Waals surface area contributed by atoms with Gasteiger partial charge < -0.3 is 10.6 Å². The molecule has 5 heteroatoms. The number of amidine groups is 2. The Morgan fingerprint density at radius 2 is 1.44 bits per heavy atom. The van der Waals surface area contributed by atoms with Gasteiger partial charge in [-0.05, 0) is 12.1 Å². The van der Waals surface area contributed by atoms with Gasteiger partial charge in [0.25, 0.3) is 0 Å². The van der Waals surface area contributed by atoms with E-state index >= 15 is 0 Å². The van der Waals surface area contributed by atoms with Gasteiger partial charge in [0.15, 0.2) is 0 Å². The largest absolute Gasteiger partial charge is 0.367 e. The summed E-state index contributed by atoms with van der Waals surface area (Å²) < 4.78 is 0. The van der Waals surface area contributed by atoms with Crippen LogP contribution in [0.5, 0.6) is 0 Å². The average molecular weight is 215 g/mol. The second kappa shape index (κ2) is 3.92. The molecule has 1 aromatic rings. The number of hydrogen-bond acceptors (Lipinski definition) is 5.